The van der Waals surface area contributed by atoms with E-state index in [0.717, 1.165) is 35.7 Å². The largest absolute Gasteiger partial charge is 0.399 e. The molecule has 0 spiro atoms. The number of nitrogens with zero attached hydrogens (tertiary/aromatic N) is 2. The van der Waals surface area contributed by atoms with Crippen LogP contribution in [-0.4, -0.2) is 35.5 Å². The van der Waals surface area contributed by atoms with E-state index >= 15 is 0 Å². The molecule has 10 heteroatoms. The SMILES string of the molecule is Nc1ccc(S(=O)(=O)N[C@H]2CCC[C@@H](Nc3ncc(Cl)c(-c4c[nH]c5ccccc45)n3)C2)cc1. The number of sulfonamides is 1. The Morgan fingerprint density at radius 1 is 1.06 bits per heavy atom. The van der Waals surface area contributed by atoms with E-state index < -0.39 is 10.0 Å². The van der Waals surface area contributed by atoms with Crippen LogP contribution in [0.1, 0.15) is 25.7 Å². The molecule has 2 atom stereocenters. The van der Waals surface area contributed by atoms with E-state index in [1.54, 1.807) is 18.3 Å². The van der Waals surface area contributed by atoms with Crippen LogP contribution >= 0.6 is 11.6 Å². The van der Waals surface area contributed by atoms with Crippen molar-refractivity contribution in [1.29, 1.82) is 0 Å². The van der Waals surface area contributed by atoms with Gasteiger partial charge in [0, 0.05) is 40.4 Å². The molecule has 176 valence electrons. The van der Waals surface area contributed by atoms with Crippen LogP contribution in [0.25, 0.3) is 22.2 Å². The number of anilines is 2. The van der Waals surface area contributed by atoms with Gasteiger partial charge in [-0.3, -0.25) is 0 Å². The summed E-state index contributed by atoms with van der Waals surface area (Å²) in [6.07, 6.45) is 6.67. The number of nitrogen functional groups attached to an aromatic ring is 1. The Kier molecular flexibility index (Phi) is 6.16. The number of hydrogen-bond acceptors (Lipinski definition) is 6. The molecule has 0 saturated heterocycles. The van der Waals surface area contributed by atoms with Gasteiger partial charge in [0.15, 0.2) is 0 Å². The number of fused-ring (bicyclic) bond motifs is 1. The highest BCUT2D eigenvalue weighted by Crippen LogP contribution is 2.33. The second-order valence-corrected chi connectivity index (χ2v) is 10.7. The maximum Gasteiger partial charge on any atom is 0.240 e. The van der Waals surface area contributed by atoms with Gasteiger partial charge >= 0.3 is 0 Å². The Morgan fingerprint density at radius 3 is 2.65 bits per heavy atom. The molecular weight excluding hydrogens is 472 g/mol. The predicted octanol–water partition coefficient (Wildman–Crippen LogP) is 4.56. The maximum absolute atomic E-state index is 12.8. The summed E-state index contributed by atoms with van der Waals surface area (Å²) in [6.45, 7) is 0. The monoisotopic (exact) mass is 496 g/mol. The van der Waals surface area contributed by atoms with Gasteiger partial charge in [0.25, 0.3) is 0 Å². The van der Waals surface area contributed by atoms with Crippen molar-refractivity contribution in [2.45, 2.75) is 42.7 Å². The summed E-state index contributed by atoms with van der Waals surface area (Å²) in [7, 11) is -3.62. The van der Waals surface area contributed by atoms with E-state index in [0.29, 0.717) is 28.8 Å². The van der Waals surface area contributed by atoms with Crippen molar-refractivity contribution in [2.24, 2.45) is 0 Å². The van der Waals surface area contributed by atoms with Crippen LogP contribution in [0, 0.1) is 0 Å². The molecule has 1 aliphatic carbocycles. The van der Waals surface area contributed by atoms with Crippen molar-refractivity contribution in [3.63, 3.8) is 0 Å². The average molecular weight is 497 g/mol. The molecule has 1 fully saturated rings. The lowest BCUT2D eigenvalue weighted by Crippen LogP contribution is -2.41. The van der Waals surface area contributed by atoms with Crippen molar-refractivity contribution in [3.05, 3.63) is 65.9 Å². The second kappa shape index (κ2) is 9.25. The molecule has 1 saturated carbocycles. The van der Waals surface area contributed by atoms with E-state index in [1.165, 1.54) is 12.1 Å². The zero-order chi connectivity index (χ0) is 23.7. The molecule has 4 aromatic rings. The predicted molar refractivity (Wildman–Crippen MR) is 135 cm³/mol. The number of benzene rings is 2. The molecule has 0 bridgehead atoms. The number of nitrogens with one attached hydrogen (secondary N) is 3. The van der Waals surface area contributed by atoms with E-state index in [9.17, 15) is 8.42 Å². The number of halogens is 1. The third-order valence-corrected chi connectivity index (χ3v) is 7.92. The molecule has 1 aliphatic rings. The third-order valence-electron chi connectivity index (χ3n) is 6.11. The highest BCUT2D eigenvalue weighted by atomic mass is 35.5. The van der Waals surface area contributed by atoms with Crippen LogP contribution in [0.3, 0.4) is 0 Å². The molecule has 5 N–H and O–H groups in total. The molecule has 34 heavy (non-hydrogen) atoms. The first-order valence-corrected chi connectivity index (χ1v) is 13.0. The number of nitrogens with two attached hydrogens (primary N) is 1. The molecule has 2 aromatic carbocycles. The Bertz CT molecular complexity index is 1420. The molecule has 5 rings (SSSR count). The molecule has 8 nitrogen and oxygen atoms in total. The van der Waals surface area contributed by atoms with Crippen molar-refractivity contribution in [1.82, 2.24) is 19.7 Å². The Labute approximate surface area is 203 Å². The van der Waals surface area contributed by atoms with Gasteiger partial charge < -0.3 is 16.0 Å². The summed E-state index contributed by atoms with van der Waals surface area (Å²) in [5.41, 5.74) is 8.76. The Balaban J connectivity index is 1.31. The van der Waals surface area contributed by atoms with Gasteiger partial charge in [-0.1, -0.05) is 29.8 Å². The number of aromatic nitrogens is 3. The summed E-state index contributed by atoms with van der Waals surface area (Å²) in [5.74, 6) is 0.469. The van der Waals surface area contributed by atoms with Crippen LogP contribution in [-0.2, 0) is 10.0 Å². The van der Waals surface area contributed by atoms with Gasteiger partial charge in [-0.15, -0.1) is 0 Å². The first-order valence-electron chi connectivity index (χ1n) is 11.1. The van der Waals surface area contributed by atoms with Crippen molar-refractivity contribution >= 4 is 44.2 Å². The van der Waals surface area contributed by atoms with Crippen LogP contribution in [0.2, 0.25) is 5.02 Å². The first kappa shape index (κ1) is 22.6. The number of hydrogen-bond donors (Lipinski definition) is 4. The summed E-state index contributed by atoms with van der Waals surface area (Å²) >= 11 is 6.44. The highest BCUT2D eigenvalue weighted by Gasteiger charge is 2.27. The minimum atomic E-state index is -3.62. The normalized spacial score (nSPS) is 18.7. The standard InChI is InChI=1S/C24H25ClN6O2S/c25-21-14-28-24(30-23(21)20-13-27-22-7-2-1-6-19(20)22)29-16-4-3-5-17(12-16)31-34(32,33)18-10-8-15(26)9-11-18/h1-2,6-11,13-14,16-17,27,31H,3-5,12,26H2,(H,28,29,30)/t16-,17+/m1/s1. The molecule has 2 heterocycles. The fourth-order valence-electron chi connectivity index (χ4n) is 4.44. The molecule has 2 aromatic heterocycles. The number of H-pyrrole nitrogens is 1. The van der Waals surface area contributed by atoms with Crippen LogP contribution in [0.15, 0.2) is 65.8 Å². The molecule has 0 amide bonds. The van der Waals surface area contributed by atoms with E-state index in [-0.39, 0.29) is 17.0 Å². The Hall–Kier alpha value is -3.14. The van der Waals surface area contributed by atoms with Gasteiger partial charge in [0.05, 0.1) is 21.8 Å². The lowest BCUT2D eigenvalue weighted by Gasteiger charge is -2.30. The zero-order valence-electron chi connectivity index (χ0n) is 18.3. The summed E-state index contributed by atoms with van der Waals surface area (Å²) < 4.78 is 28.4. The van der Waals surface area contributed by atoms with Gasteiger partial charge in [-0.2, -0.15) is 0 Å². The number of para-hydroxylation sites is 1. The second-order valence-electron chi connectivity index (χ2n) is 8.53. The summed E-state index contributed by atoms with van der Waals surface area (Å²) in [6, 6.07) is 14.0. The molecular formula is C24H25ClN6O2S. The van der Waals surface area contributed by atoms with Gasteiger partial charge in [-0.25, -0.2) is 23.1 Å². The van der Waals surface area contributed by atoms with Crippen molar-refractivity contribution < 1.29 is 8.42 Å². The van der Waals surface area contributed by atoms with Gasteiger partial charge in [0.2, 0.25) is 16.0 Å². The fraction of sp³-hybridized carbons (Fsp3) is 0.250. The molecule has 0 radical (unpaired) electrons. The lowest BCUT2D eigenvalue weighted by atomic mass is 9.92. The number of rotatable bonds is 6. The summed E-state index contributed by atoms with van der Waals surface area (Å²) in [4.78, 5) is 12.5. The maximum atomic E-state index is 12.8. The average Bonchev–Trinajstić information content (AvgIpc) is 3.25. The van der Waals surface area contributed by atoms with Crippen LogP contribution < -0.4 is 15.8 Å². The first-order chi connectivity index (χ1) is 16.4. The number of aromatic amines is 1. The van der Waals surface area contributed by atoms with Crippen LogP contribution in [0.4, 0.5) is 11.6 Å². The summed E-state index contributed by atoms with van der Waals surface area (Å²) in [5, 5.41) is 4.88. The van der Waals surface area contributed by atoms with Crippen LogP contribution in [0.5, 0.6) is 0 Å². The minimum absolute atomic E-state index is 0.0323. The van der Waals surface area contributed by atoms with E-state index in [1.807, 2.05) is 30.5 Å². The smallest absolute Gasteiger partial charge is 0.240 e. The highest BCUT2D eigenvalue weighted by molar-refractivity contribution is 7.89. The van der Waals surface area contributed by atoms with E-state index in [2.05, 4.69) is 25.0 Å². The zero-order valence-corrected chi connectivity index (χ0v) is 19.9. The topological polar surface area (TPSA) is 126 Å². The van der Waals surface area contributed by atoms with Crippen molar-refractivity contribution in [2.75, 3.05) is 11.1 Å². The Morgan fingerprint density at radius 2 is 1.82 bits per heavy atom. The lowest BCUT2D eigenvalue weighted by molar-refractivity contribution is 0.384. The molecule has 0 unspecified atom stereocenters. The van der Waals surface area contributed by atoms with Crippen molar-refractivity contribution in [3.8, 4) is 11.3 Å². The fourth-order valence-corrected chi connectivity index (χ4v) is 5.91. The van der Waals surface area contributed by atoms with Gasteiger partial charge in [-0.05, 0) is 56.0 Å². The molecule has 0 aliphatic heterocycles. The third kappa shape index (κ3) is 4.72. The minimum Gasteiger partial charge on any atom is -0.399 e. The van der Waals surface area contributed by atoms with E-state index in [4.69, 9.17) is 17.3 Å². The quantitative estimate of drug-likeness (QED) is 0.290. The van der Waals surface area contributed by atoms with Gasteiger partial charge in [0.1, 0.15) is 0 Å².